The van der Waals surface area contributed by atoms with Gasteiger partial charge in [0, 0.05) is 45.1 Å². The standard InChI is InChI=1S/C12H18N3/c1-15-9-8-14-10-12(15)3-2-11-4-6-13-7-5-11/h4-7,12,14H,1-3,8-10H2. The predicted octanol–water partition coefficient (Wildman–Crippen LogP) is 1.08. The molecule has 1 aromatic heterocycles. The molecule has 1 saturated heterocycles. The number of aryl methyl sites for hydroxylation is 1. The van der Waals surface area contributed by atoms with E-state index in [1.807, 2.05) is 12.4 Å². The molecule has 1 radical (unpaired) electrons. The van der Waals surface area contributed by atoms with Crippen LogP contribution in [0.1, 0.15) is 12.0 Å². The molecule has 0 saturated carbocycles. The number of piperazine rings is 1. The van der Waals surface area contributed by atoms with Gasteiger partial charge in [-0.3, -0.25) is 9.88 Å². The third-order valence-electron chi connectivity index (χ3n) is 2.99. The summed E-state index contributed by atoms with van der Waals surface area (Å²) >= 11 is 0. The van der Waals surface area contributed by atoms with Crippen LogP contribution in [0.4, 0.5) is 0 Å². The number of pyridine rings is 1. The minimum atomic E-state index is 0.576. The van der Waals surface area contributed by atoms with Gasteiger partial charge < -0.3 is 5.32 Å². The minimum Gasteiger partial charge on any atom is -0.314 e. The zero-order chi connectivity index (χ0) is 10.5. The van der Waals surface area contributed by atoms with Gasteiger partial charge >= 0.3 is 0 Å². The Morgan fingerprint density at radius 2 is 2.27 bits per heavy atom. The summed E-state index contributed by atoms with van der Waals surface area (Å²) in [6.45, 7) is 3.19. The highest BCUT2D eigenvalue weighted by Gasteiger charge is 2.17. The quantitative estimate of drug-likeness (QED) is 0.798. The van der Waals surface area contributed by atoms with Gasteiger partial charge in [-0.15, -0.1) is 0 Å². The van der Waals surface area contributed by atoms with Crippen LogP contribution in [0, 0.1) is 7.05 Å². The van der Waals surface area contributed by atoms with Crippen molar-refractivity contribution in [3.05, 3.63) is 37.1 Å². The molecule has 2 heterocycles. The van der Waals surface area contributed by atoms with Crippen molar-refractivity contribution in [2.75, 3.05) is 19.6 Å². The molecule has 0 amide bonds. The van der Waals surface area contributed by atoms with E-state index in [2.05, 4.69) is 34.4 Å². The van der Waals surface area contributed by atoms with Gasteiger partial charge in [-0.25, -0.2) is 0 Å². The molecule has 3 heteroatoms. The molecule has 1 aliphatic rings. The highest BCUT2D eigenvalue weighted by molar-refractivity contribution is 5.10. The van der Waals surface area contributed by atoms with Gasteiger partial charge in [0.2, 0.25) is 0 Å². The zero-order valence-corrected chi connectivity index (χ0v) is 9.02. The summed E-state index contributed by atoms with van der Waals surface area (Å²) in [7, 11) is 4.07. The van der Waals surface area contributed by atoms with E-state index < -0.39 is 0 Å². The smallest absolute Gasteiger partial charge is 0.0270 e. The van der Waals surface area contributed by atoms with Gasteiger partial charge in [0.15, 0.2) is 0 Å². The second-order valence-electron chi connectivity index (χ2n) is 4.06. The van der Waals surface area contributed by atoms with Crippen LogP contribution < -0.4 is 5.32 Å². The Morgan fingerprint density at radius 1 is 1.47 bits per heavy atom. The summed E-state index contributed by atoms with van der Waals surface area (Å²) in [6, 6.07) is 4.75. The second-order valence-corrected chi connectivity index (χ2v) is 4.06. The molecule has 1 aliphatic heterocycles. The molecule has 2 rings (SSSR count). The molecule has 0 spiro atoms. The molecule has 1 atom stereocenters. The van der Waals surface area contributed by atoms with Gasteiger partial charge in [0.05, 0.1) is 0 Å². The summed E-state index contributed by atoms with van der Waals surface area (Å²) < 4.78 is 0. The molecule has 1 unspecified atom stereocenters. The lowest BCUT2D eigenvalue weighted by Crippen LogP contribution is -2.48. The number of aromatic nitrogens is 1. The molecule has 0 aliphatic carbocycles. The van der Waals surface area contributed by atoms with Crippen LogP contribution in [0.15, 0.2) is 24.5 Å². The highest BCUT2D eigenvalue weighted by atomic mass is 15.2. The van der Waals surface area contributed by atoms with Crippen molar-refractivity contribution in [2.24, 2.45) is 0 Å². The van der Waals surface area contributed by atoms with Gasteiger partial charge in [0.25, 0.3) is 0 Å². The largest absolute Gasteiger partial charge is 0.314 e. The minimum absolute atomic E-state index is 0.576. The molecule has 15 heavy (non-hydrogen) atoms. The number of rotatable bonds is 3. The fourth-order valence-electron chi connectivity index (χ4n) is 1.97. The van der Waals surface area contributed by atoms with Crippen LogP contribution in [0.25, 0.3) is 0 Å². The summed E-state index contributed by atoms with van der Waals surface area (Å²) in [6.07, 6.45) is 5.99. The van der Waals surface area contributed by atoms with E-state index in [-0.39, 0.29) is 0 Å². The molecule has 0 aromatic carbocycles. The molecule has 1 N–H and O–H groups in total. The van der Waals surface area contributed by atoms with E-state index in [1.54, 1.807) is 0 Å². The normalized spacial score (nSPS) is 22.9. The van der Waals surface area contributed by atoms with Crippen LogP contribution in [0.3, 0.4) is 0 Å². The Hall–Kier alpha value is -0.930. The molecule has 81 valence electrons. The number of nitrogens with one attached hydrogen (secondary N) is 1. The van der Waals surface area contributed by atoms with E-state index in [0.717, 1.165) is 26.1 Å². The number of hydrogen-bond donors (Lipinski definition) is 1. The maximum Gasteiger partial charge on any atom is 0.0270 e. The van der Waals surface area contributed by atoms with Crippen molar-refractivity contribution in [3.63, 3.8) is 0 Å². The van der Waals surface area contributed by atoms with Crippen molar-refractivity contribution in [1.29, 1.82) is 0 Å². The van der Waals surface area contributed by atoms with E-state index in [4.69, 9.17) is 0 Å². The average Bonchev–Trinajstić information content (AvgIpc) is 2.29. The summed E-state index contributed by atoms with van der Waals surface area (Å²) in [5.74, 6) is 0. The fraction of sp³-hybridized carbons (Fsp3) is 0.500. The Balaban J connectivity index is 1.82. The lowest BCUT2D eigenvalue weighted by atomic mass is 10.0. The number of nitrogens with zero attached hydrogens (tertiary/aromatic N) is 2. The highest BCUT2D eigenvalue weighted by Crippen LogP contribution is 2.10. The van der Waals surface area contributed by atoms with Crippen molar-refractivity contribution < 1.29 is 0 Å². The monoisotopic (exact) mass is 204 g/mol. The van der Waals surface area contributed by atoms with E-state index in [9.17, 15) is 0 Å². The molecule has 0 bridgehead atoms. The molecule has 1 fully saturated rings. The van der Waals surface area contributed by atoms with Crippen LogP contribution >= 0.6 is 0 Å². The van der Waals surface area contributed by atoms with Gasteiger partial charge in [-0.05, 0) is 30.5 Å². The second kappa shape index (κ2) is 5.24. The molecule has 3 nitrogen and oxygen atoms in total. The van der Waals surface area contributed by atoms with Crippen LogP contribution in [0.2, 0.25) is 0 Å². The first kappa shape index (κ1) is 10.6. The fourth-order valence-corrected chi connectivity index (χ4v) is 1.97. The van der Waals surface area contributed by atoms with Crippen molar-refractivity contribution in [2.45, 2.75) is 18.9 Å². The van der Waals surface area contributed by atoms with Gasteiger partial charge in [0.1, 0.15) is 0 Å². The van der Waals surface area contributed by atoms with Crippen LogP contribution in [0.5, 0.6) is 0 Å². The van der Waals surface area contributed by atoms with Gasteiger partial charge in [-0.2, -0.15) is 0 Å². The maximum atomic E-state index is 4.07. The van der Waals surface area contributed by atoms with Crippen molar-refractivity contribution in [3.8, 4) is 0 Å². The summed E-state index contributed by atoms with van der Waals surface area (Å²) in [5.41, 5.74) is 1.36. The Kier molecular flexibility index (Phi) is 3.69. The number of hydrogen-bond acceptors (Lipinski definition) is 3. The van der Waals surface area contributed by atoms with Gasteiger partial charge in [-0.1, -0.05) is 0 Å². The van der Waals surface area contributed by atoms with E-state index in [0.29, 0.717) is 6.04 Å². The Morgan fingerprint density at radius 3 is 3.00 bits per heavy atom. The molecule has 1 aromatic rings. The first-order valence-electron chi connectivity index (χ1n) is 5.53. The first-order chi connectivity index (χ1) is 7.36. The predicted molar refractivity (Wildman–Crippen MR) is 61.3 cm³/mol. The van der Waals surface area contributed by atoms with E-state index in [1.165, 1.54) is 12.0 Å². The first-order valence-corrected chi connectivity index (χ1v) is 5.53. The Bertz CT molecular complexity index is 286. The lowest BCUT2D eigenvalue weighted by Gasteiger charge is -2.32. The third-order valence-corrected chi connectivity index (χ3v) is 2.99. The van der Waals surface area contributed by atoms with Crippen molar-refractivity contribution >= 4 is 0 Å². The average molecular weight is 204 g/mol. The summed E-state index contributed by atoms with van der Waals surface area (Å²) in [5, 5.41) is 3.41. The maximum absolute atomic E-state index is 4.07. The van der Waals surface area contributed by atoms with Crippen molar-refractivity contribution in [1.82, 2.24) is 15.2 Å². The van der Waals surface area contributed by atoms with E-state index >= 15 is 0 Å². The lowest BCUT2D eigenvalue weighted by molar-refractivity contribution is 0.214. The SMILES string of the molecule is [CH2]N1CCNCC1CCc1ccncc1. The molecular formula is C12H18N3. The molecular weight excluding hydrogens is 186 g/mol. The third kappa shape index (κ3) is 3.01. The Labute approximate surface area is 91.5 Å². The van der Waals surface area contributed by atoms with Crippen LogP contribution in [-0.4, -0.2) is 35.6 Å². The zero-order valence-electron chi connectivity index (χ0n) is 9.02. The summed E-state index contributed by atoms with van der Waals surface area (Å²) in [4.78, 5) is 6.23. The topological polar surface area (TPSA) is 28.2 Å². The van der Waals surface area contributed by atoms with Crippen LogP contribution in [-0.2, 0) is 6.42 Å².